The minimum atomic E-state index is -0.323. The fourth-order valence-corrected chi connectivity index (χ4v) is 3.47. The molecule has 0 unspecified atom stereocenters. The molecule has 1 aliphatic rings. The van der Waals surface area contributed by atoms with Crippen molar-refractivity contribution in [2.24, 2.45) is 0 Å². The van der Waals surface area contributed by atoms with Gasteiger partial charge in [0.25, 0.3) is 0 Å². The van der Waals surface area contributed by atoms with E-state index in [2.05, 4.69) is 49.8 Å². The molecule has 0 spiro atoms. The van der Waals surface area contributed by atoms with Crippen LogP contribution >= 0.6 is 0 Å². The van der Waals surface area contributed by atoms with Gasteiger partial charge in [-0.25, -0.2) is 4.79 Å². The number of esters is 1. The van der Waals surface area contributed by atoms with Crippen LogP contribution in [0.1, 0.15) is 35.3 Å². The van der Waals surface area contributed by atoms with Crippen LogP contribution in [0.3, 0.4) is 0 Å². The smallest absolute Gasteiger partial charge is 0.337 e. The molecule has 0 bridgehead atoms. The monoisotopic (exact) mass is 350 g/mol. The van der Waals surface area contributed by atoms with Crippen molar-refractivity contribution in [2.45, 2.75) is 19.3 Å². The molecular weight excluding hydrogens is 326 g/mol. The maximum absolute atomic E-state index is 11.5. The number of fused-ring (bicyclic) bond motifs is 1. The Bertz CT molecular complexity index is 905. The fourth-order valence-electron chi connectivity index (χ4n) is 3.47. The molecule has 0 saturated carbocycles. The van der Waals surface area contributed by atoms with E-state index >= 15 is 0 Å². The van der Waals surface area contributed by atoms with Crippen LogP contribution in [0.15, 0.2) is 48.5 Å². The molecule has 0 aliphatic carbocycles. The Hall–Kier alpha value is -2.88. The van der Waals surface area contributed by atoms with Gasteiger partial charge in [-0.3, -0.25) is 0 Å². The molecule has 2 aromatic carbocycles. The van der Waals surface area contributed by atoms with Crippen molar-refractivity contribution in [3.8, 4) is 5.75 Å². The second kappa shape index (κ2) is 6.79. The summed E-state index contributed by atoms with van der Waals surface area (Å²) < 4.78 is 12.3. The van der Waals surface area contributed by atoms with Gasteiger partial charge < -0.3 is 9.47 Å². The van der Waals surface area contributed by atoms with Gasteiger partial charge in [-0.05, 0) is 49.8 Å². The standard InChI is InChI=1S/C22H24NO3/c1-22(2)18-14-17(25-4)11-12-19(18)23(3)20(22)13-8-15-6-9-16(10-7-15)21(24)26-5/h6-14H,1-5H3/q+1. The average Bonchev–Trinajstić information content (AvgIpc) is 2.85. The number of ether oxygens (including phenoxy) is 2. The van der Waals surface area contributed by atoms with Crippen molar-refractivity contribution in [3.63, 3.8) is 0 Å². The second-order valence-corrected chi connectivity index (χ2v) is 6.90. The molecule has 0 amide bonds. The first-order valence-corrected chi connectivity index (χ1v) is 8.54. The summed E-state index contributed by atoms with van der Waals surface area (Å²) in [5.41, 5.74) is 5.11. The highest BCUT2D eigenvalue weighted by atomic mass is 16.5. The lowest BCUT2D eigenvalue weighted by atomic mass is 9.81. The number of allylic oxidation sites excluding steroid dienone is 1. The first-order valence-electron chi connectivity index (χ1n) is 8.54. The minimum absolute atomic E-state index is 0.124. The van der Waals surface area contributed by atoms with E-state index in [1.54, 1.807) is 19.2 Å². The van der Waals surface area contributed by atoms with Crippen molar-refractivity contribution in [2.75, 3.05) is 21.3 Å². The maximum Gasteiger partial charge on any atom is 0.337 e. The third-order valence-corrected chi connectivity index (χ3v) is 5.01. The number of carbonyl (C=O) groups is 1. The lowest BCUT2D eigenvalue weighted by Gasteiger charge is -2.16. The van der Waals surface area contributed by atoms with Crippen LogP contribution in [0.5, 0.6) is 5.75 Å². The summed E-state index contributed by atoms with van der Waals surface area (Å²) in [7, 11) is 5.16. The van der Waals surface area contributed by atoms with E-state index in [0.29, 0.717) is 5.56 Å². The fraction of sp³-hybridized carbons (Fsp3) is 0.273. The number of nitrogens with zero attached hydrogens (tertiary/aromatic N) is 1. The van der Waals surface area contributed by atoms with Crippen molar-refractivity contribution >= 4 is 23.4 Å². The molecule has 0 saturated heterocycles. The Morgan fingerprint density at radius 2 is 1.73 bits per heavy atom. The average molecular weight is 350 g/mol. The van der Waals surface area contributed by atoms with Gasteiger partial charge in [-0.1, -0.05) is 12.1 Å². The summed E-state index contributed by atoms with van der Waals surface area (Å²) in [4.78, 5) is 11.5. The number of methoxy groups -OCH3 is 2. The molecule has 2 aromatic rings. The molecule has 4 nitrogen and oxygen atoms in total. The molecule has 1 heterocycles. The molecule has 4 heteroatoms. The summed E-state index contributed by atoms with van der Waals surface area (Å²) in [6.07, 6.45) is 4.21. The summed E-state index contributed by atoms with van der Waals surface area (Å²) in [5, 5.41) is 0. The van der Waals surface area contributed by atoms with E-state index in [-0.39, 0.29) is 11.4 Å². The first kappa shape index (κ1) is 17.9. The predicted molar refractivity (Wildman–Crippen MR) is 104 cm³/mol. The van der Waals surface area contributed by atoms with E-state index in [9.17, 15) is 4.79 Å². The number of hydrogen-bond acceptors (Lipinski definition) is 3. The Morgan fingerprint density at radius 1 is 1.04 bits per heavy atom. The van der Waals surface area contributed by atoms with E-state index in [0.717, 1.165) is 11.3 Å². The zero-order valence-corrected chi connectivity index (χ0v) is 15.9. The summed E-state index contributed by atoms with van der Waals surface area (Å²) in [6.45, 7) is 4.43. The summed E-state index contributed by atoms with van der Waals surface area (Å²) in [6, 6.07) is 13.6. The van der Waals surface area contributed by atoms with Crippen LogP contribution in [0.25, 0.3) is 6.08 Å². The van der Waals surface area contributed by atoms with Crippen LogP contribution in [0.4, 0.5) is 5.69 Å². The molecule has 3 rings (SSSR count). The molecule has 26 heavy (non-hydrogen) atoms. The first-order chi connectivity index (χ1) is 12.4. The number of carbonyl (C=O) groups excluding carboxylic acids is 1. The van der Waals surface area contributed by atoms with E-state index in [1.807, 2.05) is 18.2 Å². The Morgan fingerprint density at radius 3 is 2.35 bits per heavy atom. The van der Waals surface area contributed by atoms with Crippen molar-refractivity contribution in [1.29, 1.82) is 0 Å². The van der Waals surface area contributed by atoms with Crippen molar-refractivity contribution < 1.29 is 18.8 Å². The van der Waals surface area contributed by atoms with Crippen molar-refractivity contribution in [1.82, 2.24) is 0 Å². The van der Waals surface area contributed by atoms with Crippen molar-refractivity contribution in [3.05, 3.63) is 65.2 Å². The van der Waals surface area contributed by atoms with Crippen LogP contribution in [-0.4, -0.2) is 37.5 Å². The number of rotatable bonds is 4. The van der Waals surface area contributed by atoms with Crippen LogP contribution < -0.4 is 4.74 Å². The normalized spacial score (nSPS) is 15.3. The van der Waals surface area contributed by atoms with E-state index in [1.165, 1.54) is 24.1 Å². The van der Waals surface area contributed by atoms with Gasteiger partial charge in [-0.15, -0.1) is 0 Å². The molecular formula is C22H24NO3+. The highest BCUT2D eigenvalue weighted by molar-refractivity contribution is 6.05. The van der Waals surface area contributed by atoms with Crippen LogP contribution in [0.2, 0.25) is 0 Å². The maximum atomic E-state index is 11.5. The predicted octanol–water partition coefficient (Wildman–Crippen LogP) is 4.20. The Labute approximate surface area is 154 Å². The topological polar surface area (TPSA) is 38.5 Å². The number of hydrogen-bond donors (Lipinski definition) is 0. The highest BCUT2D eigenvalue weighted by Gasteiger charge is 2.43. The lowest BCUT2D eigenvalue weighted by molar-refractivity contribution is -0.401. The zero-order chi connectivity index (χ0) is 18.9. The van der Waals surface area contributed by atoms with Gasteiger partial charge in [0, 0.05) is 17.7 Å². The SMILES string of the molecule is COC(=O)c1ccc(C=CC2=[N+](C)c3ccc(OC)cc3C2(C)C)cc1. The largest absolute Gasteiger partial charge is 0.497 e. The second-order valence-electron chi connectivity index (χ2n) is 6.90. The Kier molecular flexibility index (Phi) is 4.68. The third-order valence-electron chi connectivity index (χ3n) is 5.01. The van der Waals surface area contributed by atoms with Crippen LogP contribution in [-0.2, 0) is 10.2 Å². The molecule has 1 aliphatic heterocycles. The van der Waals surface area contributed by atoms with E-state index in [4.69, 9.17) is 9.47 Å². The highest BCUT2D eigenvalue weighted by Crippen LogP contribution is 2.41. The molecule has 0 fully saturated rings. The summed E-state index contributed by atoms with van der Waals surface area (Å²) in [5.74, 6) is 0.546. The molecule has 0 aromatic heterocycles. The van der Waals surface area contributed by atoms with Gasteiger partial charge in [0.1, 0.15) is 12.8 Å². The number of benzene rings is 2. The summed E-state index contributed by atoms with van der Waals surface area (Å²) >= 11 is 0. The molecule has 0 atom stereocenters. The minimum Gasteiger partial charge on any atom is -0.497 e. The van der Waals surface area contributed by atoms with Gasteiger partial charge in [0.2, 0.25) is 5.69 Å². The Balaban J connectivity index is 1.91. The van der Waals surface area contributed by atoms with Crippen LogP contribution in [0, 0.1) is 0 Å². The van der Waals surface area contributed by atoms with Gasteiger partial charge in [0.05, 0.1) is 25.2 Å². The molecule has 134 valence electrons. The lowest BCUT2D eigenvalue weighted by Crippen LogP contribution is -2.26. The zero-order valence-electron chi connectivity index (χ0n) is 15.9. The third kappa shape index (κ3) is 3.03. The van der Waals surface area contributed by atoms with Gasteiger partial charge in [0.15, 0.2) is 5.71 Å². The molecule has 0 N–H and O–H groups in total. The van der Waals surface area contributed by atoms with E-state index < -0.39 is 0 Å². The molecule has 0 radical (unpaired) electrons. The van der Waals surface area contributed by atoms with Gasteiger partial charge >= 0.3 is 5.97 Å². The van der Waals surface area contributed by atoms with Gasteiger partial charge in [-0.2, -0.15) is 4.58 Å². The quantitative estimate of drug-likeness (QED) is 0.613.